The second-order valence-electron chi connectivity index (χ2n) is 5.41. The number of piperidine rings is 1. The Hall–Kier alpha value is -2.21. The zero-order chi connectivity index (χ0) is 15.7. The number of nitrogens with zero attached hydrogens (tertiary/aromatic N) is 2. The number of anilines is 1. The number of ether oxygens (including phenoxy) is 1. The van der Waals surface area contributed by atoms with Crippen molar-refractivity contribution in [2.75, 3.05) is 18.1 Å². The molecule has 3 amide bonds. The van der Waals surface area contributed by atoms with Gasteiger partial charge in [-0.05, 0) is 24.6 Å². The zero-order valence-corrected chi connectivity index (χ0v) is 12.1. The Morgan fingerprint density at radius 1 is 1.41 bits per heavy atom. The van der Waals surface area contributed by atoms with Gasteiger partial charge in [0.15, 0.2) is 0 Å². The molecule has 0 saturated carbocycles. The van der Waals surface area contributed by atoms with E-state index in [1.165, 1.54) is 18.2 Å². The third-order valence-electron chi connectivity index (χ3n) is 4.01. The minimum Gasteiger partial charge on any atom is -0.374 e. The van der Waals surface area contributed by atoms with E-state index in [-0.39, 0.29) is 23.7 Å². The molecule has 116 valence electrons. The fourth-order valence-electron chi connectivity index (χ4n) is 2.98. The molecule has 2 fully saturated rings. The fraction of sp³-hybridized carbons (Fsp3) is 0.375. The predicted molar refractivity (Wildman–Crippen MR) is 78.9 cm³/mol. The van der Waals surface area contributed by atoms with Gasteiger partial charge in [-0.1, -0.05) is 12.1 Å². The van der Waals surface area contributed by atoms with Crippen molar-refractivity contribution >= 4 is 17.6 Å². The molecule has 0 bridgehead atoms. The van der Waals surface area contributed by atoms with Gasteiger partial charge in [0.2, 0.25) is 0 Å². The van der Waals surface area contributed by atoms with Gasteiger partial charge in [0.1, 0.15) is 11.9 Å². The van der Waals surface area contributed by atoms with Gasteiger partial charge in [-0.2, -0.15) is 0 Å². The number of carbonyl (C=O) groups excluding carboxylic acids is 2. The quantitative estimate of drug-likeness (QED) is 0.633. The number of rotatable bonds is 4. The molecule has 6 heteroatoms. The van der Waals surface area contributed by atoms with Crippen LogP contribution in [0.2, 0.25) is 0 Å². The lowest BCUT2D eigenvalue weighted by molar-refractivity contribution is -0.122. The summed E-state index contributed by atoms with van der Waals surface area (Å²) in [5, 5.41) is 0. The Morgan fingerprint density at radius 2 is 2.23 bits per heavy atom. The molecule has 2 aliphatic heterocycles. The van der Waals surface area contributed by atoms with Gasteiger partial charge in [0, 0.05) is 13.0 Å². The lowest BCUT2D eigenvalue weighted by Crippen LogP contribution is -2.44. The van der Waals surface area contributed by atoms with Crippen molar-refractivity contribution < 1.29 is 18.7 Å². The number of fused-ring (bicyclic) bond motifs is 1. The first-order valence-electron chi connectivity index (χ1n) is 7.24. The molecule has 2 atom stereocenters. The van der Waals surface area contributed by atoms with Gasteiger partial charge in [-0.3, -0.25) is 4.79 Å². The minimum atomic E-state index is -0.528. The molecule has 22 heavy (non-hydrogen) atoms. The first-order valence-corrected chi connectivity index (χ1v) is 7.24. The number of urea groups is 1. The number of amides is 3. The van der Waals surface area contributed by atoms with Crippen molar-refractivity contribution in [2.24, 2.45) is 0 Å². The van der Waals surface area contributed by atoms with Crippen molar-refractivity contribution in [1.29, 1.82) is 0 Å². The molecule has 2 saturated heterocycles. The second-order valence-corrected chi connectivity index (χ2v) is 5.41. The van der Waals surface area contributed by atoms with Crippen molar-refractivity contribution in [3.05, 3.63) is 42.7 Å². The molecule has 2 unspecified atom stereocenters. The van der Waals surface area contributed by atoms with Gasteiger partial charge >= 0.3 is 6.03 Å². The van der Waals surface area contributed by atoms with E-state index in [1.807, 2.05) is 0 Å². The van der Waals surface area contributed by atoms with E-state index >= 15 is 0 Å². The molecule has 1 aromatic carbocycles. The van der Waals surface area contributed by atoms with Gasteiger partial charge in [0.25, 0.3) is 5.91 Å². The van der Waals surface area contributed by atoms with Gasteiger partial charge in [-0.15, -0.1) is 6.58 Å². The van der Waals surface area contributed by atoms with Crippen molar-refractivity contribution in [3.63, 3.8) is 0 Å². The van der Waals surface area contributed by atoms with E-state index in [0.717, 1.165) is 4.90 Å². The van der Waals surface area contributed by atoms with Crippen LogP contribution in [0.3, 0.4) is 0 Å². The van der Waals surface area contributed by atoms with Gasteiger partial charge < -0.3 is 9.64 Å². The van der Waals surface area contributed by atoms with Crippen LogP contribution in [0.5, 0.6) is 0 Å². The smallest absolute Gasteiger partial charge is 0.332 e. The van der Waals surface area contributed by atoms with Crippen LogP contribution >= 0.6 is 0 Å². The van der Waals surface area contributed by atoms with E-state index in [4.69, 9.17) is 4.74 Å². The molecule has 2 heterocycles. The third-order valence-corrected chi connectivity index (χ3v) is 4.01. The summed E-state index contributed by atoms with van der Waals surface area (Å²) >= 11 is 0. The lowest BCUT2D eigenvalue weighted by atomic mass is 10.0. The molecule has 3 rings (SSSR count). The maximum absolute atomic E-state index is 13.4. The normalized spacial score (nSPS) is 24.6. The van der Waals surface area contributed by atoms with Crippen LogP contribution < -0.4 is 4.90 Å². The van der Waals surface area contributed by atoms with Gasteiger partial charge in [0.05, 0.1) is 18.4 Å². The largest absolute Gasteiger partial charge is 0.374 e. The van der Waals surface area contributed by atoms with E-state index in [0.29, 0.717) is 26.0 Å². The molecule has 0 aromatic heterocycles. The molecule has 0 spiro atoms. The summed E-state index contributed by atoms with van der Waals surface area (Å²) in [4.78, 5) is 27.6. The van der Waals surface area contributed by atoms with E-state index < -0.39 is 11.9 Å². The third kappa shape index (κ3) is 2.50. The SMILES string of the molecule is C=CCOC1CCN2C(=O)N(c3cccc(F)c3)C(=O)C2C1. The minimum absolute atomic E-state index is 0.0662. The number of halogens is 1. The highest BCUT2D eigenvalue weighted by molar-refractivity contribution is 6.21. The molecule has 0 N–H and O–H groups in total. The monoisotopic (exact) mass is 304 g/mol. The van der Waals surface area contributed by atoms with E-state index in [9.17, 15) is 14.0 Å². The standard InChI is InChI=1S/C16H17FN2O3/c1-2-8-22-13-6-7-18-14(10-13)15(20)19(16(18)21)12-5-3-4-11(17)9-12/h2-5,9,13-14H,1,6-8,10H2. The Bertz CT molecular complexity index is 619. The van der Waals surface area contributed by atoms with Crippen LogP contribution in [0.1, 0.15) is 12.8 Å². The van der Waals surface area contributed by atoms with Crippen molar-refractivity contribution in [3.8, 4) is 0 Å². The van der Waals surface area contributed by atoms with Crippen LogP contribution in [0.15, 0.2) is 36.9 Å². The van der Waals surface area contributed by atoms with Crippen LogP contribution in [0.4, 0.5) is 14.9 Å². The predicted octanol–water partition coefficient (Wildman–Crippen LogP) is 2.33. The van der Waals surface area contributed by atoms with Crippen LogP contribution in [-0.4, -0.2) is 42.1 Å². The summed E-state index contributed by atoms with van der Waals surface area (Å²) in [6.45, 7) is 4.48. The van der Waals surface area contributed by atoms with Crippen molar-refractivity contribution in [1.82, 2.24) is 4.90 Å². The summed E-state index contributed by atoms with van der Waals surface area (Å²) in [6, 6.07) is 4.60. The summed E-state index contributed by atoms with van der Waals surface area (Å²) in [5.41, 5.74) is 0.271. The number of benzene rings is 1. The van der Waals surface area contributed by atoms with Crippen LogP contribution in [-0.2, 0) is 9.53 Å². The second kappa shape index (κ2) is 5.88. The molecule has 0 radical (unpaired) electrons. The van der Waals surface area contributed by atoms with Crippen molar-refractivity contribution in [2.45, 2.75) is 25.0 Å². The molecular formula is C16H17FN2O3. The highest BCUT2D eigenvalue weighted by Gasteiger charge is 2.48. The van der Waals surface area contributed by atoms with E-state index in [2.05, 4.69) is 6.58 Å². The highest BCUT2D eigenvalue weighted by Crippen LogP contribution is 2.31. The fourth-order valence-corrected chi connectivity index (χ4v) is 2.98. The Labute approximate surface area is 128 Å². The average molecular weight is 304 g/mol. The maximum atomic E-state index is 13.4. The number of hydrogen-bond donors (Lipinski definition) is 0. The average Bonchev–Trinajstić information content (AvgIpc) is 2.76. The summed E-state index contributed by atoms with van der Waals surface area (Å²) in [5.74, 6) is -0.794. The number of imide groups is 1. The molecule has 0 aliphatic carbocycles. The van der Waals surface area contributed by atoms with Crippen LogP contribution in [0.25, 0.3) is 0 Å². The lowest BCUT2D eigenvalue weighted by Gasteiger charge is -2.32. The maximum Gasteiger partial charge on any atom is 0.332 e. The number of hydrogen-bond acceptors (Lipinski definition) is 3. The molecule has 1 aromatic rings. The summed E-state index contributed by atoms with van der Waals surface area (Å²) in [7, 11) is 0. The van der Waals surface area contributed by atoms with E-state index in [1.54, 1.807) is 17.0 Å². The molecule has 5 nitrogen and oxygen atoms in total. The van der Waals surface area contributed by atoms with Gasteiger partial charge in [-0.25, -0.2) is 14.1 Å². The summed E-state index contributed by atoms with van der Waals surface area (Å²) < 4.78 is 19.0. The zero-order valence-electron chi connectivity index (χ0n) is 12.1. The summed E-state index contributed by atoms with van der Waals surface area (Å²) in [6.07, 6.45) is 2.74. The Morgan fingerprint density at radius 3 is 2.95 bits per heavy atom. The Balaban J connectivity index is 1.81. The first-order chi connectivity index (χ1) is 10.6. The first kappa shape index (κ1) is 14.7. The Kier molecular flexibility index (Phi) is 3.94. The topological polar surface area (TPSA) is 49.9 Å². The highest BCUT2D eigenvalue weighted by atomic mass is 19.1. The molecule has 2 aliphatic rings. The molecular weight excluding hydrogens is 287 g/mol. The van der Waals surface area contributed by atoms with Crippen LogP contribution in [0, 0.1) is 5.82 Å². The number of carbonyl (C=O) groups is 2.